The first kappa shape index (κ1) is 48.0. The summed E-state index contributed by atoms with van der Waals surface area (Å²) in [6.45, 7) is 23.2. The second kappa shape index (κ2) is 21.5. The van der Waals surface area contributed by atoms with Gasteiger partial charge in [0.1, 0.15) is 52.6 Å². The number of rotatable bonds is 28. The van der Waals surface area contributed by atoms with E-state index in [2.05, 4.69) is 39.3 Å². The van der Waals surface area contributed by atoms with Crippen molar-refractivity contribution in [2.75, 3.05) is 101 Å². The molecule has 2 atom stereocenters. The largest absolute Gasteiger partial charge is 0.756 e. The second-order valence-electron chi connectivity index (χ2n) is 15.0. The molecule has 288 valence electrons. The second-order valence-corrected chi connectivity index (χ2v) is 27.3. The Morgan fingerprint density at radius 2 is 0.959 bits per heavy atom. The van der Waals surface area contributed by atoms with E-state index in [1.54, 1.807) is 13.8 Å². The van der Waals surface area contributed by atoms with Crippen LogP contribution in [0.2, 0.25) is 38.3 Å². The molecule has 0 aromatic heterocycles. The first-order chi connectivity index (χ1) is 22.2. The summed E-state index contributed by atoms with van der Waals surface area (Å²) in [5.41, 5.74) is 0.682. The number of carbonyl (C=O) groups excluding carboxylic acids is 2. The van der Waals surface area contributed by atoms with Crippen LogP contribution in [-0.4, -0.2) is 138 Å². The molecular weight excluding hydrogens is 710 g/mol. The molecule has 0 aliphatic carbocycles. The summed E-state index contributed by atoms with van der Waals surface area (Å²) in [5.74, 6) is -0.871. The van der Waals surface area contributed by atoms with Crippen LogP contribution in [0.4, 0.5) is 0 Å². The molecule has 0 saturated heterocycles. The summed E-state index contributed by atoms with van der Waals surface area (Å²) in [5, 5.41) is 0. The first-order valence-electron chi connectivity index (χ1n) is 16.7. The van der Waals surface area contributed by atoms with Crippen LogP contribution in [0, 0.1) is 0 Å². The molecule has 0 radical (unpaired) electrons. The molecule has 49 heavy (non-hydrogen) atoms. The number of likely N-dealkylation sites (N-methyl/N-ethyl adjacent to an activating group) is 2. The van der Waals surface area contributed by atoms with E-state index in [4.69, 9.17) is 31.7 Å². The van der Waals surface area contributed by atoms with Gasteiger partial charge in [0.25, 0.3) is 7.82 Å². The minimum absolute atomic E-state index is 0.00973. The summed E-state index contributed by atoms with van der Waals surface area (Å²) in [6.07, 6.45) is 1.19. The normalized spacial score (nSPS) is 15.3. The van der Waals surface area contributed by atoms with Gasteiger partial charge in [0, 0.05) is 17.8 Å². The number of ether oxygens (including phenoxy) is 2. The summed E-state index contributed by atoms with van der Waals surface area (Å²) in [6, 6.07) is 1.53. The smallest absolute Gasteiger partial charge is 0.333 e. The molecule has 0 N–H and O–H groups in total. The van der Waals surface area contributed by atoms with E-state index in [1.165, 1.54) is 6.66 Å². The van der Waals surface area contributed by atoms with Crippen molar-refractivity contribution in [1.29, 1.82) is 0 Å². The fraction of sp³-hybridized carbons (Fsp3) is 0.806. The van der Waals surface area contributed by atoms with Crippen molar-refractivity contribution in [2.45, 2.75) is 65.0 Å². The van der Waals surface area contributed by atoms with Crippen molar-refractivity contribution in [1.82, 2.24) is 0 Å². The van der Waals surface area contributed by atoms with E-state index in [0.29, 0.717) is 59.1 Å². The van der Waals surface area contributed by atoms with Gasteiger partial charge >= 0.3 is 19.5 Å². The number of phosphoric acid groups is 1. The van der Waals surface area contributed by atoms with Gasteiger partial charge in [0.2, 0.25) is 0 Å². The molecule has 14 nitrogen and oxygen atoms in total. The molecule has 18 heteroatoms. The summed E-state index contributed by atoms with van der Waals surface area (Å²) >= 11 is 0. The van der Waals surface area contributed by atoms with Crippen LogP contribution in [0.25, 0.3) is 0 Å². The Kier molecular flexibility index (Phi) is 21.1. The highest BCUT2D eigenvalue weighted by Gasteiger charge is 2.33. The lowest BCUT2D eigenvalue weighted by Crippen LogP contribution is -2.45. The number of nitrogens with zero attached hydrogens (tertiary/aromatic N) is 2. The zero-order valence-electron chi connectivity index (χ0n) is 32.0. The van der Waals surface area contributed by atoms with Gasteiger partial charge in [-0.2, -0.15) is 0 Å². The molecule has 0 heterocycles. The Labute approximate surface area is 297 Å². The summed E-state index contributed by atoms with van der Waals surface area (Å²) < 4.78 is 64.2. The third-order valence-electron chi connectivity index (χ3n) is 7.50. The summed E-state index contributed by atoms with van der Waals surface area (Å²) in [7, 11) is -4.16. The van der Waals surface area contributed by atoms with E-state index < -0.39 is 44.0 Å². The monoisotopic (exact) mass is 775 g/mol. The average Bonchev–Trinajstić information content (AvgIpc) is 2.92. The number of carbonyl (C=O) groups is 2. The maximum atomic E-state index is 12.8. The zero-order valence-corrected chi connectivity index (χ0v) is 35.8. The van der Waals surface area contributed by atoms with Gasteiger partial charge in [-0.15, -0.1) is 0 Å². The van der Waals surface area contributed by atoms with Crippen molar-refractivity contribution in [3.05, 3.63) is 24.3 Å². The third-order valence-corrected chi connectivity index (χ3v) is 17.3. The van der Waals surface area contributed by atoms with Gasteiger partial charge in [-0.05, 0) is 65.0 Å². The van der Waals surface area contributed by atoms with Crippen molar-refractivity contribution >= 4 is 44.0 Å². The van der Waals surface area contributed by atoms with Gasteiger partial charge < -0.3 is 45.5 Å². The Balaban J connectivity index is 4.38. The molecular formula is C31H65N2O12P2Si2+. The highest BCUT2D eigenvalue weighted by Crippen LogP contribution is 2.44. The minimum atomic E-state index is -4.46. The lowest BCUT2D eigenvalue weighted by Gasteiger charge is -2.34. The highest BCUT2D eigenvalue weighted by atomic mass is 31.2. The van der Waals surface area contributed by atoms with Crippen LogP contribution in [0.1, 0.15) is 26.7 Å². The van der Waals surface area contributed by atoms with Gasteiger partial charge in [0.15, 0.2) is 16.6 Å². The van der Waals surface area contributed by atoms with Gasteiger partial charge in [-0.3, -0.25) is 9.13 Å². The average molecular weight is 776 g/mol. The lowest BCUT2D eigenvalue weighted by atomic mass is 10.4. The lowest BCUT2D eigenvalue weighted by molar-refractivity contribution is -0.890. The van der Waals surface area contributed by atoms with Crippen molar-refractivity contribution in [2.24, 2.45) is 0 Å². The van der Waals surface area contributed by atoms with Crippen LogP contribution in [0.15, 0.2) is 24.3 Å². The van der Waals surface area contributed by atoms with Crippen LogP contribution >= 0.6 is 15.4 Å². The quantitative estimate of drug-likeness (QED) is 0.0264. The van der Waals surface area contributed by atoms with Crippen molar-refractivity contribution < 1.29 is 64.3 Å². The fourth-order valence-corrected chi connectivity index (χ4v) is 14.9. The van der Waals surface area contributed by atoms with Crippen LogP contribution < -0.4 is 4.89 Å². The molecule has 0 aromatic carbocycles. The van der Waals surface area contributed by atoms with Gasteiger partial charge in [-0.1, -0.05) is 13.2 Å². The standard InChI is InChI=1S/C31H65N2O12P2Si2/c1-28(2)30(34)39-22-16-32(5,6)18-24-42-46(9,36)41-20-14-26-48(10,11)45-49(12,13)27-15-21-43-47(37,38)44-25-19-33(7,8)17-23-40-31(35)29(3)4/h1,3,14-27H2,2,4-13H3/q+1. The maximum absolute atomic E-state index is 12.8. The predicted octanol–water partition coefficient (Wildman–Crippen LogP) is 4.94. The Morgan fingerprint density at radius 3 is 1.37 bits per heavy atom. The highest BCUT2D eigenvalue weighted by molar-refractivity contribution is 7.52. The van der Waals surface area contributed by atoms with E-state index >= 15 is 0 Å². The topological polar surface area (TPSA) is 156 Å². The van der Waals surface area contributed by atoms with Crippen LogP contribution in [0.3, 0.4) is 0 Å². The number of hydrogen-bond donors (Lipinski definition) is 0. The molecule has 0 fully saturated rings. The molecule has 0 saturated carbocycles. The first-order valence-corrected chi connectivity index (χ1v) is 26.3. The maximum Gasteiger partial charge on any atom is 0.333 e. The molecule has 0 bridgehead atoms. The SMILES string of the molecule is C=C(C)C(=O)OCC[N+](C)(C)CCOP(C)(=O)OCCC[Si](C)(C)O[Si](C)(C)CCCOP(=O)([O-])OCC[N+](C)(C)CCOC(=O)C(=C)C. The Morgan fingerprint density at radius 1 is 0.633 bits per heavy atom. The molecule has 2 unspecified atom stereocenters. The number of hydrogen-bond acceptors (Lipinski definition) is 12. The van der Waals surface area contributed by atoms with E-state index in [9.17, 15) is 23.6 Å². The Bertz CT molecular complexity index is 1090. The van der Waals surface area contributed by atoms with E-state index in [-0.39, 0.29) is 39.6 Å². The molecule has 0 aliphatic heterocycles. The van der Waals surface area contributed by atoms with E-state index in [1.807, 2.05) is 28.2 Å². The number of esters is 2. The van der Waals surface area contributed by atoms with E-state index in [0.717, 1.165) is 12.1 Å². The fourth-order valence-electron chi connectivity index (χ4n) is 4.42. The van der Waals surface area contributed by atoms with Crippen LogP contribution in [-0.2, 0) is 50.4 Å². The molecule has 0 rings (SSSR count). The molecule has 0 spiro atoms. The molecule has 0 aromatic rings. The number of phosphoric ester groups is 1. The minimum Gasteiger partial charge on any atom is -0.756 e. The predicted molar refractivity (Wildman–Crippen MR) is 195 cm³/mol. The third kappa shape index (κ3) is 25.6. The van der Waals surface area contributed by atoms with Crippen molar-refractivity contribution in [3.8, 4) is 0 Å². The zero-order chi connectivity index (χ0) is 38.2. The molecule has 0 aliphatic rings. The Hall–Kier alpha value is -1.01. The summed E-state index contributed by atoms with van der Waals surface area (Å²) in [4.78, 5) is 35.4. The van der Waals surface area contributed by atoms with Crippen molar-refractivity contribution in [3.63, 3.8) is 0 Å². The van der Waals surface area contributed by atoms with Gasteiger partial charge in [-0.25, -0.2) is 9.59 Å². The number of quaternary nitrogens is 2. The molecule has 0 amide bonds. The van der Waals surface area contributed by atoms with Crippen LogP contribution in [0.5, 0.6) is 0 Å². The van der Waals surface area contributed by atoms with Gasteiger partial charge in [0.05, 0.1) is 41.4 Å².